The Morgan fingerprint density at radius 3 is 2.38 bits per heavy atom. The quantitative estimate of drug-likeness (QED) is 0.897. The molecular formula is C14H19F3N2O2. The maximum atomic E-state index is 12.1. The van der Waals surface area contributed by atoms with Gasteiger partial charge in [-0.15, -0.1) is 13.2 Å². The maximum absolute atomic E-state index is 12.1. The van der Waals surface area contributed by atoms with E-state index in [1.807, 2.05) is 20.8 Å². The van der Waals surface area contributed by atoms with Crippen molar-refractivity contribution in [2.75, 3.05) is 5.32 Å². The van der Waals surface area contributed by atoms with Crippen LogP contribution in [0.25, 0.3) is 0 Å². The predicted octanol–water partition coefficient (Wildman–Crippen LogP) is 3.30. The van der Waals surface area contributed by atoms with Crippen LogP contribution >= 0.6 is 0 Å². The van der Waals surface area contributed by atoms with Crippen LogP contribution in [0, 0.1) is 0 Å². The van der Waals surface area contributed by atoms with Crippen LogP contribution in [0.2, 0.25) is 0 Å². The van der Waals surface area contributed by atoms with Crippen molar-refractivity contribution in [3.05, 3.63) is 24.3 Å². The highest BCUT2D eigenvalue weighted by Gasteiger charge is 2.31. The van der Waals surface area contributed by atoms with Crippen LogP contribution in [-0.4, -0.2) is 23.9 Å². The van der Waals surface area contributed by atoms with Gasteiger partial charge in [-0.2, -0.15) is 0 Å². The Bertz CT molecular complexity index is 496. The molecule has 1 atom stereocenters. The summed E-state index contributed by atoms with van der Waals surface area (Å²) in [6.07, 6.45) is -4.74. The summed E-state index contributed by atoms with van der Waals surface area (Å²) >= 11 is 0. The van der Waals surface area contributed by atoms with E-state index in [9.17, 15) is 18.0 Å². The summed E-state index contributed by atoms with van der Waals surface area (Å²) < 4.78 is 40.3. The Labute approximate surface area is 121 Å². The van der Waals surface area contributed by atoms with Gasteiger partial charge in [-0.1, -0.05) is 6.07 Å². The average Bonchev–Trinajstić information content (AvgIpc) is 2.24. The zero-order valence-electron chi connectivity index (χ0n) is 12.3. The van der Waals surface area contributed by atoms with Crippen molar-refractivity contribution in [1.29, 1.82) is 0 Å². The minimum Gasteiger partial charge on any atom is -0.406 e. The van der Waals surface area contributed by atoms with Crippen molar-refractivity contribution in [3.63, 3.8) is 0 Å². The second-order valence-electron chi connectivity index (χ2n) is 5.68. The Morgan fingerprint density at radius 2 is 1.86 bits per heavy atom. The van der Waals surface area contributed by atoms with Crippen molar-refractivity contribution >= 4 is 11.6 Å². The minimum absolute atomic E-state index is 0.246. The average molecular weight is 304 g/mol. The number of nitrogens with one attached hydrogen (secondary N) is 2. The number of halogens is 3. The number of rotatable bonds is 4. The molecule has 118 valence electrons. The van der Waals surface area contributed by atoms with E-state index in [4.69, 9.17) is 0 Å². The van der Waals surface area contributed by atoms with Crippen LogP contribution in [0.1, 0.15) is 27.7 Å². The van der Waals surface area contributed by atoms with Gasteiger partial charge < -0.3 is 15.4 Å². The van der Waals surface area contributed by atoms with E-state index < -0.39 is 12.4 Å². The predicted molar refractivity (Wildman–Crippen MR) is 74.1 cm³/mol. The molecule has 0 aromatic heterocycles. The van der Waals surface area contributed by atoms with Gasteiger partial charge in [-0.3, -0.25) is 4.79 Å². The Balaban J connectivity index is 2.70. The van der Waals surface area contributed by atoms with Gasteiger partial charge in [0.1, 0.15) is 11.8 Å². The highest BCUT2D eigenvalue weighted by molar-refractivity contribution is 5.84. The van der Waals surface area contributed by atoms with Crippen LogP contribution in [0.15, 0.2) is 24.3 Å². The first-order chi connectivity index (χ1) is 9.46. The van der Waals surface area contributed by atoms with Crippen LogP contribution in [-0.2, 0) is 4.79 Å². The van der Waals surface area contributed by atoms with E-state index in [1.54, 1.807) is 13.0 Å². The van der Waals surface area contributed by atoms with Gasteiger partial charge in [0, 0.05) is 17.3 Å². The number of anilines is 1. The van der Waals surface area contributed by atoms with E-state index in [1.165, 1.54) is 18.2 Å². The summed E-state index contributed by atoms with van der Waals surface area (Å²) in [6.45, 7) is 7.15. The second-order valence-corrected chi connectivity index (χ2v) is 5.68. The maximum Gasteiger partial charge on any atom is 0.573 e. The first-order valence-corrected chi connectivity index (χ1v) is 6.41. The highest BCUT2D eigenvalue weighted by Crippen LogP contribution is 2.25. The number of hydrogen-bond acceptors (Lipinski definition) is 3. The molecule has 2 N–H and O–H groups in total. The third-order valence-electron chi connectivity index (χ3n) is 2.34. The molecule has 1 rings (SSSR count). The SMILES string of the molecule is CC(Nc1cccc(OC(F)(F)F)c1)C(=O)NC(C)(C)C. The van der Waals surface area contributed by atoms with Gasteiger partial charge >= 0.3 is 6.36 Å². The fourth-order valence-electron chi connectivity index (χ4n) is 1.58. The van der Waals surface area contributed by atoms with Crippen molar-refractivity contribution in [2.45, 2.75) is 45.6 Å². The molecule has 1 amide bonds. The zero-order chi connectivity index (χ0) is 16.3. The van der Waals surface area contributed by atoms with Crippen molar-refractivity contribution in [3.8, 4) is 5.75 Å². The molecule has 1 aromatic carbocycles. The molecule has 0 aliphatic rings. The van der Waals surface area contributed by atoms with Gasteiger partial charge in [0.15, 0.2) is 0 Å². The van der Waals surface area contributed by atoms with Gasteiger partial charge in [-0.05, 0) is 39.8 Å². The number of alkyl halides is 3. The number of carbonyl (C=O) groups is 1. The Hall–Kier alpha value is -1.92. The van der Waals surface area contributed by atoms with Gasteiger partial charge in [-0.25, -0.2) is 0 Å². The first-order valence-electron chi connectivity index (χ1n) is 6.41. The van der Waals surface area contributed by atoms with E-state index in [0.717, 1.165) is 0 Å². The molecule has 4 nitrogen and oxygen atoms in total. The van der Waals surface area contributed by atoms with Crippen molar-refractivity contribution < 1.29 is 22.7 Å². The largest absolute Gasteiger partial charge is 0.573 e. The lowest BCUT2D eigenvalue weighted by Crippen LogP contribution is -2.47. The van der Waals surface area contributed by atoms with E-state index in [0.29, 0.717) is 5.69 Å². The molecule has 1 unspecified atom stereocenters. The van der Waals surface area contributed by atoms with Crippen molar-refractivity contribution in [2.24, 2.45) is 0 Å². The first kappa shape index (κ1) is 17.1. The Morgan fingerprint density at radius 1 is 1.24 bits per heavy atom. The minimum atomic E-state index is -4.74. The molecule has 0 fully saturated rings. The second kappa shape index (κ2) is 6.24. The molecule has 7 heteroatoms. The van der Waals surface area contributed by atoms with Crippen LogP contribution in [0.4, 0.5) is 18.9 Å². The Kier molecular flexibility index (Phi) is 5.09. The van der Waals surface area contributed by atoms with E-state index >= 15 is 0 Å². The summed E-state index contributed by atoms with van der Waals surface area (Å²) in [5.41, 5.74) is -0.0119. The normalized spacial score (nSPS) is 13.5. The lowest BCUT2D eigenvalue weighted by molar-refractivity contribution is -0.274. The van der Waals surface area contributed by atoms with Gasteiger partial charge in [0.2, 0.25) is 5.91 Å². The molecule has 0 spiro atoms. The molecular weight excluding hydrogens is 285 g/mol. The summed E-state index contributed by atoms with van der Waals surface area (Å²) in [6, 6.07) is 4.76. The number of amides is 1. The third-order valence-corrected chi connectivity index (χ3v) is 2.34. The molecule has 21 heavy (non-hydrogen) atoms. The molecule has 0 saturated heterocycles. The highest BCUT2D eigenvalue weighted by atomic mass is 19.4. The molecule has 0 bridgehead atoms. The van der Waals surface area contributed by atoms with E-state index in [-0.39, 0.29) is 17.2 Å². The monoisotopic (exact) mass is 304 g/mol. The molecule has 1 aromatic rings. The standard InChI is InChI=1S/C14H19F3N2O2/c1-9(12(20)19-13(2,3)4)18-10-6-5-7-11(8-10)21-14(15,16)17/h5-9,18H,1-4H3,(H,19,20). The topological polar surface area (TPSA) is 50.4 Å². The number of benzene rings is 1. The number of ether oxygens (including phenoxy) is 1. The van der Waals surface area contributed by atoms with Crippen LogP contribution < -0.4 is 15.4 Å². The van der Waals surface area contributed by atoms with Crippen LogP contribution in [0.3, 0.4) is 0 Å². The summed E-state index contributed by atoms with van der Waals surface area (Å²) in [7, 11) is 0. The smallest absolute Gasteiger partial charge is 0.406 e. The summed E-state index contributed by atoms with van der Waals surface area (Å²) in [5, 5.41) is 5.61. The van der Waals surface area contributed by atoms with Crippen LogP contribution in [0.5, 0.6) is 5.75 Å². The van der Waals surface area contributed by atoms with Crippen molar-refractivity contribution in [1.82, 2.24) is 5.32 Å². The molecule has 0 radical (unpaired) electrons. The lowest BCUT2D eigenvalue weighted by atomic mass is 10.1. The molecule has 0 aliphatic carbocycles. The molecule has 0 heterocycles. The zero-order valence-corrected chi connectivity index (χ0v) is 12.3. The summed E-state index contributed by atoms with van der Waals surface area (Å²) in [4.78, 5) is 11.9. The van der Waals surface area contributed by atoms with Gasteiger partial charge in [0.25, 0.3) is 0 Å². The fraction of sp³-hybridized carbons (Fsp3) is 0.500. The number of hydrogen-bond donors (Lipinski definition) is 2. The lowest BCUT2D eigenvalue weighted by Gasteiger charge is -2.24. The fourth-order valence-corrected chi connectivity index (χ4v) is 1.58. The van der Waals surface area contributed by atoms with E-state index in [2.05, 4.69) is 15.4 Å². The molecule has 0 aliphatic heterocycles. The summed E-state index contributed by atoms with van der Waals surface area (Å²) in [5.74, 6) is -0.583. The molecule has 0 saturated carbocycles. The third kappa shape index (κ3) is 6.87. The van der Waals surface area contributed by atoms with Gasteiger partial charge in [0.05, 0.1) is 0 Å². The number of carbonyl (C=O) groups excluding carboxylic acids is 1.